The number of esters is 2. The number of amides is 1. The number of aryl methyl sites for hydroxylation is 1. The van der Waals surface area contributed by atoms with E-state index in [-0.39, 0.29) is 42.1 Å². The Morgan fingerprint density at radius 1 is 1.11 bits per heavy atom. The molecule has 0 radical (unpaired) electrons. The summed E-state index contributed by atoms with van der Waals surface area (Å²) >= 11 is 0. The summed E-state index contributed by atoms with van der Waals surface area (Å²) in [6.07, 6.45) is 4.33. The highest BCUT2D eigenvalue weighted by Crippen LogP contribution is 2.37. The Kier molecular flexibility index (Phi) is 11.1. The van der Waals surface area contributed by atoms with Gasteiger partial charge in [-0.15, -0.1) is 0 Å². The average Bonchev–Trinajstić information content (AvgIpc) is 3.18. The zero-order valence-electron chi connectivity index (χ0n) is 27.1. The van der Waals surface area contributed by atoms with Gasteiger partial charge in [0.25, 0.3) is 0 Å². The molecule has 0 saturated heterocycles. The van der Waals surface area contributed by atoms with E-state index in [1.165, 1.54) is 6.92 Å². The van der Waals surface area contributed by atoms with Gasteiger partial charge in [-0.25, -0.2) is 4.68 Å². The number of nitrogens with zero attached hydrogens (tertiary/aromatic N) is 3. The fourth-order valence-electron chi connectivity index (χ4n) is 6.65. The minimum atomic E-state index is -0.533. The lowest BCUT2D eigenvalue weighted by atomic mass is 9.75. The van der Waals surface area contributed by atoms with Gasteiger partial charge < -0.3 is 32.1 Å². The van der Waals surface area contributed by atoms with Crippen LogP contribution in [0.5, 0.6) is 0 Å². The van der Waals surface area contributed by atoms with Crippen molar-refractivity contribution in [2.45, 2.75) is 91.3 Å². The number of carbonyl (C=O) groups is 4. The van der Waals surface area contributed by atoms with Crippen LogP contribution < -0.4 is 18.1 Å². The molecule has 44 heavy (non-hydrogen) atoms. The summed E-state index contributed by atoms with van der Waals surface area (Å²) in [5.74, 6) is -0.825. The standard InChI is InChI=1S/C33H46N4O6.ClH/c1-20-31-28(17-33(3,4)18-29(31)39)36(35-20)24-10-13-27(32(34)41)23(15-24)14-22-8-11-25(12-9-22)43-30(40)16-26(42-21(2)38)19-37(5,6)7;/h10,13,15,22,25-26H,8-9,11-12,14,16-19H2,1-7H3,(H-,34,41);1H. The van der Waals surface area contributed by atoms with Gasteiger partial charge in [0, 0.05) is 18.9 Å². The molecule has 242 valence electrons. The Balaban J connectivity index is 0.00000529. The molecule has 1 amide bonds. The largest absolute Gasteiger partial charge is 1.00 e. The van der Waals surface area contributed by atoms with Crippen LogP contribution in [0.3, 0.4) is 0 Å². The van der Waals surface area contributed by atoms with Gasteiger partial charge in [-0.3, -0.25) is 19.2 Å². The second-order valence-corrected chi connectivity index (χ2v) is 14.2. The number of aromatic nitrogens is 2. The summed E-state index contributed by atoms with van der Waals surface area (Å²) in [5, 5.41) is 4.74. The zero-order chi connectivity index (χ0) is 31.7. The number of quaternary nitrogens is 1. The molecule has 1 fully saturated rings. The van der Waals surface area contributed by atoms with E-state index >= 15 is 0 Å². The Labute approximate surface area is 266 Å². The summed E-state index contributed by atoms with van der Waals surface area (Å²) < 4.78 is 13.6. The summed E-state index contributed by atoms with van der Waals surface area (Å²) in [4.78, 5) is 49.5. The van der Waals surface area contributed by atoms with Gasteiger partial charge in [-0.2, -0.15) is 5.10 Å². The van der Waals surface area contributed by atoms with Gasteiger partial charge >= 0.3 is 11.9 Å². The second kappa shape index (κ2) is 13.8. The molecule has 1 unspecified atom stereocenters. The van der Waals surface area contributed by atoms with Crippen LogP contribution in [0.4, 0.5) is 0 Å². The lowest BCUT2D eigenvalue weighted by Gasteiger charge is -2.30. The Bertz CT molecular complexity index is 1400. The number of halogens is 1. The number of benzene rings is 1. The Hall–Kier alpha value is -3.24. The van der Waals surface area contributed by atoms with Crippen molar-refractivity contribution < 1.29 is 45.5 Å². The molecular formula is C33H47ClN4O6. The maximum Gasteiger partial charge on any atom is 0.310 e. The van der Waals surface area contributed by atoms with Gasteiger partial charge in [-0.1, -0.05) is 13.8 Å². The Morgan fingerprint density at radius 3 is 2.36 bits per heavy atom. The predicted molar refractivity (Wildman–Crippen MR) is 162 cm³/mol. The number of fused-ring (bicyclic) bond motifs is 1. The minimum Gasteiger partial charge on any atom is -1.00 e. The molecule has 0 aliphatic heterocycles. The fraction of sp³-hybridized carbons (Fsp3) is 0.606. The van der Waals surface area contributed by atoms with Crippen molar-refractivity contribution in [3.63, 3.8) is 0 Å². The van der Waals surface area contributed by atoms with Gasteiger partial charge in [-0.05, 0) is 80.5 Å². The van der Waals surface area contributed by atoms with E-state index < -0.39 is 18.0 Å². The van der Waals surface area contributed by atoms with Crippen molar-refractivity contribution in [3.05, 3.63) is 46.3 Å². The molecule has 1 aromatic heterocycles. The highest BCUT2D eigenvalue weighted by atomic mass is 35.5. The number of likely N-dealkylation sites (N-methyl/N-ethyl adjacent to an activating group) is 1. The van der Waals surface area contributed by atoms with Gasteiger partial charge in [0.1, 0.15) is 12.6 Å². The van der Waals surface area contributed by atoms with Crippen molar-refractivity contribution in [1.82, 2.24) is 9.78 Å². The van der Waals surface area contributed by atoms with Crippen LogP contribution in [-0.4, -0.2) is 77.8 Å². The maximum absolute atomic E-state index is 12.9. The van der Waals surface area contributed by atoms with E-state index in [0.29, 0.717) is 40.9 Å². The summed E-state index contributed by atoms with van der Waals surface area (Å²) in [5.41, 5.74) is 10.1. The first-order chi connectivity index (χ1) is 20.0. The molecular weight excluding hydrogens is 584 g/mol. The van der Waals surface area contributed by atoms with Crippen LogP contribution >= 0.6 is 0 Å². The fourth-order valence-corrected chi connectivity index (χ4v) is 6.65. The quantitative estimate of drug-likeness (QED) is 0.307. The Morgan fingerprint density at radius 2 is 1.77 bits per heavy atom. The van der Waals surface area contributed by atoms with E-state index in [0.717, 1.165) is 54.7 Å². The summed E-state index contributed by atoms with van der Waals surface area (Å²) in [7, 11) is 5.94. The number of ether oxygens (including phenoxy) is 2. The molecule has 11 heteroatoms. The monoisotopic (exact) mass is 630 g/mol. The molecule has 4 rings (SSSR count). The molecule has 2 aromatic rings. The van der Waals surface area contributed by atoms with Crippen LogP contribution in [0.25, 0.3) is 5.69 Å². The molecule has 2 aliphatic rings. The van der Waals surface area contributed by atoms with Crippen molar-refractivity contribution in [2.75, 3.05) is 27.7 Å². The van der Waals surface area contributed by atoms with E-state index in [9.17, 15) is 19.2 Å². The molecule has 2 N–H and O–H groups in total. The highest BCUT2D eigenvalue weighted by molar-refractivity contribution is 6.00. The first-order valence-corrected chi connectivity index (χ1v) is 15.2. The van der Waals surface area contributed by atoms with Crippen molar-refractivity contribution in [1.29, 1.82) is 0 Å². The smallest absolute Gasteiger partial charge is 0.310 e. The highest BCUT2D eigenvalue weighted by Gasteiger charge is 2.36. The molecule has 0 spiro atoms. The van der Waals surface area contributed by atoms with Crippen LogP contribution in [0.1, 0.15) is 97.0 Å². The number of nitrogens with two attached hydrogens (primary N) is 1. The van der Waals surface area contributed by atoms with Gasteiger partial charge in [0.15, 0.2) is 11.9 Å². The van der Waals surface area contributed by atoms with Crippen LogP contribution in [0, 0.1) is 18.3 Å². The van der Waals surface area contributed by atoms with Crippen molar-refractivity contribution >= 4 is 23.6 Å². The number of hydrogen-bond donors (Lipinski definition) is 1. The third-order valence-electron chi connectivity index (χ3n) is 8.40. The molecule has 0 bridgehead atoms. The van der Waals surface area contributed by atoms with Crippen LogP contribution in [0.15, 0.2) is 18.2 Å². The van der Waals surface area contributed by atoms with E-state index in [4.69, 9.17) is 20.3 Å². The molecule has 2 aliphatic carbocycles. The first kappa shape index (κ1) is 35.2. The lowest BCUT2D eigenvalue weighted by Crippen LogP contribution is -3.00. The number of Topliss-reactive ketones (excluding diaryl/α,β-unsaturated/α-hetero) is 1. The average molecular weight is 631 g/mol. The third kappa shape index (κ3) is 8.91. The van der Waals surface area contributed by atoms with E-state index in [1.54, 1.807) is 6.07 Å². The normalized spacial score (nSPS) is 20.2. The first-order valence-electron chi connectivity index (χ1n) is 15.2. The number of primary amides is 1. The molecule has 10 nitrogen and oxygen atoms in total. The lowest BCUT2D eigenvalue weighted by molar-refractivity contribution is -0.873. The predicted octanol–water partition coefficient (Wildman–Crippen LogP) is 1.11. The van der Waals surface area contributed by atoms with Gasteiger partial charge in [0.05, 0.1) is 50.2 Å². The second-order valence-electron chi connectivity index (χ2n) is 14.2. The van der Waals surface area contributed by atoms with Crippen LogP contribution in [0.2, 0.25) is 0 Å². The van der Waals surface area contributed by atoms with Gasteiger partial charge in [0.2, 0.25) is 5.91 Å². The maximum atomic E-state index is 12.9. The van der Waals surface area contributed by atoms with Crippen molar-refractivity contribution in [3.8, 4) is 5.69 Å². The number of rotatable bonds is 10. The summed E-state index contributed by atoms with van der Waals surface area (Å²) in [6.45, 7) is 7.92. The number of carbonyl (C=O) groups excluding carboxylic acids is 4. The number of ketones is 1. The van der Waals surface area contributed by atoms with E-state index in [1.807, 2.05) is 44.9 Å². The minimum absolute atomic E-state index is 0. The molecule has 1 aromatic carbocycles. The topological polar surface area (TPSA) is 131 Å². The molecule has 1 saturated carbocycles. The van der Waals surface area contributed by atoms with Crippen molar-refractivity contribution in [2.24, 2.45) is 17.1 Å². The van der Waals surface area contributed by atoms with E-state index in [2.05, 4.69) is 13.8 Å². The number of hydrogen-bond acceptors (Lipinski definition) is 7. The third-order valence-corrected chi connectivity index (χ3v) is 8.40. The molecule has 1 heterocycles. The zero-order valence-corrected chi connectivity index (χ0v) is 27.8. The molecule has 1 atom stereocenters. The van der Waals surface area contributed by atoms with Crippen LogP contribution in [-0.2, 0) is 31.9 Å². The SMILES string of the molecule is CC(=O)OC(CC(=O)OC1CCC(Cc2cc(-n3nc(C)c4c3CC(C)(C)CC4=O)ccc2C(N)=O)CC1)C[N+](C)(C)C.[Cl-]. The summed E-state index contributed by atoms with van der Waals surface area (Å²) in [6, 6.07) is 5.59.